The molecule has 0 saturated carbocycles. The summed E-state index contributed by atoms with van der Waals surface area (Å²) in [5, 5.41) is 2.63. The van der Waals surface area contributed by atoms with Crippen LogP contribution in [-0.4, -0.2) is 38.9 Å². The van der Waals surface area contributed by atoms with Gasteiger partial charge in [0.25, 0.3) is 0 Å². The van der Waals surface area contributed by atoms with E-state index in [1.165, 1.54) is 0 Å². The molecule has 0 rings (SSSR count). The fraction of sp³-hybridized carbons (Fsp3) is 0.750. The lowest BCUT2D eigenvalue weighted by atomic mass is 10.2. The molecule has 1 amide bonds. The van der Waals surface area contributed by atoms with Gasteiger partial charge in [0.05, 0.1) is 8.07 Å². The third-order valence-corrected chi connectivity index (χ3v) is 8.52. The van der Waals surface area contributed by atoms with Gasteiger partial charge in [-0.3, -0.25) is 4.79 Å². The second-order valence-electron chi connectivity index (χ2n) is 7.91. The van der Waals surface area contributed by atoms with Gasteiger partial charge < -0.3 is 14.8 Å². The van der Waals surface area contributed by atoms with Crippen LogP contribution in [0.15, 0.2) is 11.8 Å². The first-order valence-corrected chi connectivity index (χ1v) is 10.6. The van der Waals surface area contributed by atoms with Crippen molar-refractivity contribution >= 4 is 20.1 Å². The Morgan fingerprint density at radius 1 is 1.09 bits per heavy atom. The van der Waals surface area contributed by atoms with Crippen LogP contribution in [0.5, 0.6) is 0 Å². The topological polar surface area (TPSA) is 64.6 Å². The molecule has 0 aliphatic rings. The van der Waals surface area contributed by atoms with E-state index in [-0.39, 0.29) is 18.2 Å². The fourth-order valence-corrected chi connectivity index (χ4v) is 2.43. The van der Waals surface area contributed by atoms with Gasteiger partial charge in [-0.2, -0.15) is 0 Å². The zero-order valence-corrected chi connectivity index (χ0v) is 16.2. The van der Waals surface area contributed by atoms with Gasteiger partial charge in [-0.05, 0) is 25.8 Å². The molecule has 6 heteroatoms. The quantitative estimate of drug-likeness (QED) is 0.617. The van der Waals surface area contributed by atoms with Gasteiger partial charge in [-0.25, -0.2) is 4.79 Å². The Morgan fingerprint density at radius 3 is 2.09 bits per heavy atom. The molecular weight excluding hydrogens is 298 g/mol. The van der Waals surface area contributed by atoms with Gasteiger partial charge in [0, 0.05) is 0 Å². The number of esters is 1. The molecule has 0 atom stereocenters. The maximum Gasteiger partial charge on any atom is 0.408 e. The molecule has 0 aliphatic heterocycles. The molecule has 0 bridgehead atoms. The van der Waals surface area contributed by atoms with Gasteiger partial charge in [0.2, 0.25) is 0 Å². The Morgan fingerprint density at radius 2 is 1.64 bits per heavy atom. The van der Waals surface area contributed by atoms with E-state index in [0.29, 0.717) is 0 Å². The average Bonchev–Trinajstić information content (AvgIpc) is 2.28. The van der Waals surface area contributed by atoms with E-state index in [1.807, 2.05) is 6.08 Å². The Kier molecular flexibility index (Phi) is 7.35. The monoisotopic (exact) mass is 329 g/mol. The maximum atomic E-state index is 11.5. The number of hydrogen-bond donors (Lipinski definition) is 1. The van der Waals surface area contributed by atoms with Crippen molar-refractivity contribution in [3.05, 3.63) is 11.8 Å². The number of carbonyl (C=O) groups is 2. The highest BCUT2D eigenvalue weighted by Crippen LogP contribution is 2.36. The van der Waals surface area contributed by atoms with Crippen molar-refractivity contribution in [2.45, 2.75) is 65.3 Å². The average molecular weight is 330 g/mol. The number of ether oxygens (including phenoxy) is 2. The SMILES string of the molecule is CC(C)(C)OC(=O)NCC(=O)OC/C=C/[Si](C)(C)C(C)(C)C. The number of carbonyl (C=O) groups excluding carboxylic acids is 2. The lowest BCUT2D eigenvalue weighted by molar-refractivity contribution is -0.141. The summed E-state index contributed by atoms with van der Waals surface area (Å²) < 4.78 is 10.1. The first-order chi connectivity index (χ1) is 9.74. The number of nitrogens with one attached hydrogen (secondary N) is 1. The third kappa shape index (κ3) is 8.87. The summed E-state index contributed by atoms with van der Waals surface area (Å²) in [7, 11) is -1.50. The molecule has 128 valence electrons. The molecule has 0 unspecified atom stereocenters. The second kappa shape index (κ2) is 7.81. The van der Waals surface area contributed by atoms with Crippen LogP contribution in [0.1, 0.15) is 41.5 Å². The normalized spacial score (nSPS) is 13.1. The predicted molar refractivity (Wildman–Crippen MR) is 91.5 cm³/mol. The summed E-state index contributed by atoms with van der Waals surface area (Å²) >= 11 is 0. The van der Waals surface area contributed by atoms with Gasteiger partial charge in [0.1, 0.15) is 18.8 Å². The largest absolute Gasteiger partial charge is 0.460 e. The van der Waals surface area contributed by atoms with Gasteiger partial charge >= 0.3 is 12.1 Å². The number of amides is 1. The Hall–Kier alpha value is -1.30. The Labute approximate surface area is 135 Å². The van der Waals surface area contributed by atoms with Crippen LogP contribution in [0.3, 0.4) is 0 Å². The zero-order valence-electron chi connectivity index (χ0n) is 15.2. The van der Waals surface area contributed by atoms with Gasteiger partial charge in [-0.1, -0.05) is 45.6 Å². The van der Waals surface area contributed by atoms with Crippen molar-refractivity contribution in [1.82, 2.24) is 5.32 Å². The molecule has 0 fully saturated rings. The van der Waals surface area contributed by atoms with Crippen molar-refractivity contribution in [3.63, 3.8) is 0 Å². The summed E-state index contributed by atoms with van der Waals surface area (Å²) in [4.78, 5) is 22.9. The van der Waals surface area contributed by atoms with E-state index < -0.39 is 25.7 Å². The molecular formula is C16H31NO4Si. The van der Waals surface area contributed by atoms with E-state index in [4.69, 9.17) is 9.47 Å². The van der Waals surface area contributed by atoms with Crippen LogP contribution < -0.4 is 5.32 Å². The lowest BCUT2D eigenvalue weighted by Crippen LogP contribution is -2.36. The van der Waals surface area contributed by atoms with Gasteiger partial charge in [-0.15, -0.1) is 0 Å². The predicted octanol–water partition coefficient (Wildman–Crippen LogP) is 3.66. The van der Waals surface area contributed by atoms with Crippen LogP contribution in [-0.2, 0) is 14.3 Å². The minimum absolute atomic E-state index is 0.192. The molecule has 0 radical (unpaired) electrons. The standard InChI is InChI=1S/C16H31NO4Si/c1-15(2,3)21-14(19)17-12-13(18)20-10-9-11-22(7,8)16(4,5)6/h9,11H,10,12H2,1-8H3,(H,17,19)/b11-9+. The molecule has 22 heavy (non-hydrogen) atoms. The third-order valence-electron chi connectivity index (χ3n) is 3.58. The highest BCUT2D eigenvalue weighted by molar-refractivity contribution is 6.84. The van der Waals surface area contributed by atoms with Crippen molar-refractivity contribution in [2.24, 2.45) is 0 Å². The van der Waals surface area contributed by atoms with Crippen molar-refractivity contribution in [1.29, 1.82) is 0 Å². The van der Waals surface area contributed by atoms with E-state index in [2.05, 4.69) is 44.9 Å². The molecule has 0 heterocycles. The zero-order chi connectivity index (χ0) is 17.6. The first-order valence-electron chi connectivity index (χ1n) is 7.55. The van der Waals surface area contributed by atoms with Crippen LogP contribution in [0, 0.1) is 0 Å². The van der Waals surface area contributed by atoms with Crippen molar-refractivity contribution < 1.29 is 19.1 Å². The summed E-state index contributed by atoms with van der Waals surface area (Å²) in [5.41, 5.74) is 1.60. The molecule has 5 nitrogen and oxygen atoms in total. The van der Waals surface area contributed by atoms with E-state index in [9.17, 15) is 9.59 Å². The van der Waals surface area contributed by atoms with Crippen molar-refractivity contribution in [3.8, 4) is 0 Å². The summed E-state index contributed by atoms with van der Waals surface area (Å²) in [5.74, 6) is -0.481. The lowest BCUT2D eigenvalue weighted by Gasteiger charge is -2.34. The smallest absolute Gasteiger partial charge is 0.408 e. The second-order valence-corrected chi connectivity index (χ2v) is 13.2. The molecule has 0 aromatic heterocycles. The number of alkyl carbamates (subject to hydrolysis) is 1. The van der Waals surface area contributed by atoms with Crippen LogP contribution in [0.4, 0.5) is 4.79 Å². The van der Waals surface area contributed by atoms with Crippen LogP contribution in [0.2, 0.25) is 18.1 Å². The number of rotatable bonds is 5. The Bertz CT molecular complexity index is 417. The molecule has 0 spiro atoms. The Balaban J connectivity index is 4.09. The molecule has 0 aliphatic carbocycles. The van der Waals surface area contributed by atoms with Crippen molar-refractivity contribution in [2.75, 3.05) is 13.2 Å². The first kappa shape index (κ1) is 20.7. The number of hydrogen-bond acceptors (Lipinski definition) is 4. The summed E-state index contributed by atoms with van der Waals surface area (Å²) in [6.07, 6.45) is 1.27. The highest BCUT2D eigenvalue weighted by Gasteiger charge is 2.32. The molecule has 1 N–H and O–H groups in total. The maximum absolute atomic E-state index is 11.5. The summed E-state index contributed by atoms with van der Waals surface area (Å²) in [6.45, 7) is 16.5. The minimum Gasteiger partial charge on any atom is -0.460 e. The fourth-order valence-electron chi connectivity index (χ4n) is 1.24. The molecule has 0 aromatic carbocycles. The minimum atomic E-state index is -1.50. The van der Waals surface area contributed by atoms with Crippen LogP contribution in [0.25, 0.3) is 0 Å². The molecule has 0 saturated heterocycles. The molecule has 0 aromatic rings. The van der Waals surface area contributed by atoms with Gasteiger partial charge in [0.15, 0.2) is 0 Å². The summed E-state index contributed by atoms with van der Waals surface area (Å²) in [6, 6.07) is 0. The van der Waals surface area contributed by atoms with E-state index in [0.717, 1.165) is 0 Å². The van der Waals surface area contributed by atoms with E-state index in [1.54, 1.807) is 20.8 Å². The highest BCUT2D eigenvalue weighted by atomic mass is 28.3. The van der Waals surface area contributed by atoms with E-state index >= 15 is 0 Å². The van der Waals surface area contributed by atoms with Crippen LogP contribution >= 0.6 is 0 Å².